The molecule has 0 heterocycles. The smallest absolute Gasteiger partial charge is 0.225 e. The van der Waals surface area contributed by atoms with Crippen molar-refractivity contribution in [2.45, 2.75) is 33.7 Å². The molecule has 0 unspecified atom stereocenters. The molecular weight excluding hydrogens is 154 g/mol. The van der Waals surface area contributed by atoms with Crippen LogP contribution in [0.3, 0.4) is 0 Å². The number of hydrogen-bond acceptors (Lipinski definition) is 2. The van der Waals surface area contributed by atoms with Crippen LogP contribution in [0.1, 0.15) is 27.7 Å². The Morgan fingerprint density at radius 1 is 1.50 bits per heavy atom. The van der Waals surface area contributed by atoms with E-state index >= 15 is 0 Å². The molecule has 0 radical (unpaired) electrons. The van der Waals surface area contributed by atoms with E-state index in [1.54, 1.807) is 6.92 Å². The van der Waals surface area contributed by atoms with Gasteiger partial charge in [0, 0.05) is 5.41 Å². The maximum atomic E-state index is 11.3. The lowest BCUT2D eigenvalue weighted by Gasteiger charge is -2.21. The van der Waals surface area contributed by atoms with Gasteiger partial charge in [-0.1, -0.05) is 27.4 Å². The van der Waals surface area contributed by atoms with Crippen molar-refractivity contribution >= 4 is 5.91 Å². The largest absolute Gasteiger partial charge is 0.511 e. The second kappa shape index (κ2) is 3.61. The average Bonchev–Trinajstić information content (AvgIpc) is 1.85. The molecule has 0 aliphatic carbocycles. The summed E-state index contributed by atoms with van der Waals surface area (Å²) in [5.41, 5.74) is -0.427. The Balaban J connectivity index is 4.11. The quantitative estimate of drug-likeness (QED) is 0.620. The number of rotatable bonds is 2. The summed E-state index contributed by atoms with van der Waals surface area (Å²) >= 11 is 0. The number of hydrogen-bond donors (Lipinski definition) is 2. The second-order valence-electron chi connectivity index (χ2n) is 3.94. The molecule has 0 aromatic rings. The predicted molar refractivity (Wildman–Crippen MR) is 48.8 cm³/mol. The summed E-state index contributed by atoms with van der Waals surface area (Å²) in [6.45, 7) is 10.5. The minimum absolute atomic E-state index is 0.0207. The molecule has 3 nitrogen and oxygen atoms in total. The van der Waals surface area contributed by atoms with Crippen LogP contribution in [-0.4, -0.2) is 17.1 Å². The van der Waals surface area contributed by atoms with Crippen molar-refractivity contribution in [3.8, 4) is 0 Å². The zero-order valence-corrected chi connectivity index (χ0v) is 8.14. The molecule has 0 fully saturated rings. The van der Waals surface area contributed by atoms with E-state index < -0.39 is 5.41 Å². The third-order valence-corrected chi connectivity index (χ3v) is 1.53. The lowest BCUT2D eigenvalue weighted by molar-refractivity contribution is -0.129. The first-order valence-electron chi connectivity index (χ1n) is 3.94. The van der Waals surface area contributed by atoms with Crippen LogP contribution in [-0.2, 0) is 4.79 Å². The topological polar surface area (TPSA) is 49.3 Å². The molecular formula is C9H17NO2. The highest BCUT2D eigenvalue weighted by Gasteiger charge is 2.22. The van der Waals surface area contributed by atoms with Gasteiger partial charge >= 0.3 is 0 Å². The first kappa shape index (κ1) is 11.0. The molecule has 0 aliphatic heterocycles. The first-order valence-corrected chi connectivity index (χ1v) is 3.94. The lowest BCUT2D eigenvalue weighted by atomic mass is 9.95. The van der Waals surface area contributed by atoms with Crippen LogP contribution in [0.5, 0.6) is 0 Å². The van der Waals surface area contributed by atoms with Gasteiger partial charge in [0.1, 0.15) is 5.76 Å². The summed E-state index contributed by atoms with van der Waals surface area (Å²) in [6, 6.07) is -0.378. The molecule has 0 bridgehead atoms. The van der Waals surface area contributed by atoms with Crippen molar-refractivity contribution < 1.29 is 9.90 Å². The Labute approximate surface area is 73.5 Å². The fourth-order valence-corrected chi connectivity index (χ4v) is 0.496. The third-order valence-electron chi connectivity index (χ3n) is 1.53. The Morgan fingerprint density at radius 3 is 2.17 bits per heavy atom. The highest BCUT2D eigenvalue weighted by atomic mass is 16.3. The van der Waals surface area contributed by atoms with Gasteiger partial charge in [0.2, 0.25) is 5.91 Å². The first-order chi connectivity index (χ1) is 5.25. The van der Waals surface area contributed by atoms with Gasteiger partial charge in [-0.3, -0.25) is 4.79 Å². The molecule has 0 spiro atoms. The summed E-state index contributed by atoms with van der Waals surface area (Å²) in [6.07, 6.45) is 0. The van der Waals surface area contributed by atoms with Crippen molar-refractivity contribution in [1.29, 1.82) is 0 Å². The second-order valence-corrected chi connectivity index (χ2v) is 3.94. The summed E-state index contributed by atoms with van der Waals surface area (Å²) in [7, 11) is 0. The number of amides is 1. The average molecular weight is 171 g/mol. The van der Waals surface area contributed by atoms with Crippen LogP contribution < -0.4 is 5.32 Å². The normalized spacial score (nSPS) is 13.7. The van der Waals surface area contributed by atoms with Gasteiger partial charge in [0.15, 0.2) is 0 Å². The molecule has 1 amide bonds. The number of carbonyl (C=O) groups is 1. The number of aliphatic hydroxyl groups is 1. The standard InChI is InChI=1S/C9H17NO2/c1-6(7(2)11)10-8(12)9(3,4)5/h6,11H,2H2,1,3-5H3,(H,10,12)/t6-/m0/s1. The highest BCUT2D eigenvalue weighted by molar-refractivity contribution is 5.81. The molecule has 0 saturated heterocycles. The van der Waals surface area contributed by atoms with Crippen LogP contribution in [0.15, 0.2) is 12.3 Å². The molecule has 0 aliphatic rings. The molecule has 2 N–H and O–H groups in total. The van der Waals surface area contributed by atoms with Gasteiger partial charge in [0.25, 0.3) is 0 Å². The van der Waals surface area contributed by atoms with Crippen molar-refractivity contribution in [3.05, 3.63) is 12.3 Å². The zero-order chi connectivity index (χ0) is 9.94. The molecule has 70 valence electrons. The lowest BCUT2D eigenvalue weighted by Crippen LogP contribution is -2.40. The van der Waals surface area contributed by atoms with Gasteiger partial charge in [0.05, 0.1) is 6.04 Å². The van der Waals surface area contributed by atoms with Crippen molar-refractivity contribution in [1.82, 2.24) is 5.32 Å². The number of aliphatic hydroxyl groups excluding tert-OH is 1. The van der Waals surface area contributed by atoms with Crippen LogP contribution in [0, 0.1) is 5.41 Å². The molecule has 3 heteroatoms. The molecule has 0 saturated carbocycles. The van der Waals surface area contributed by atoms with Crippen molar-refractivity contribution in [3.63, 3.8) is 0 Å². The van der Waals surface area contributed by atoms with E-state index in [9.17, 15) is 4.79 Å². The summed E-state index contributed by atoms with van der Waals surface area (Å²) in [4.78, 5) is 11.3. The molecule has 1 atom stereocenters. The molecule has 12 heavy (non-hydrogen) atoms. The van der Waals surface area contributed by atoms with Gasteiger partial charge in [-0.2, -0.15) is 0 Å². The Bertz CT molecular complexity index is 191. The monoisotopic (exact) mass is 171 g/mol. The van der Waals surface area contributed by atoms with Crippen LogP contribution in [0.4, 0.5) is 0 Å². The van der Waals surface area contributed by atoms with E-state index in [1.807, 2.05) is 20.8 Å². The van der Waals surface area contributed by atoms with Crippen LogP contribution in [0.25, 0.3) is 0 Å². The van der Waals surface area contributed by atoms with E-state index in [1.165, 1.54) is 0 Å². The van der Waals surface area contributed by atoms with Gasteiger partial charge in [-0.25, -0.2) is 0 Å². The van der Waals surface area contributed by atoms with Crippen LogP contribution in [0.2, 0.25) is 0 Å². The van der Waals surface area contributed by atoms with E-state index in [4.69, 9.17) is 5.11 Å². The van der Waals surface area contributed by atoms with E-state index in [0.717, 1.165) is 0 Å². The van der Waals surface area contributed by atoms with Crippen molar-refractivity contribution in [2.24, 2.45) is 5.41 Å². The predicted octanol–water partition coefficient (Wildman–Crippen LogP) is 1.61. The Morgan fingerprint density at radius 2 is 1.92 bits per heavy atom. The van der Waals surface area contributed by atoms with E-state index in [0.29, 0.717) is 0 Å². The fourth-order valence-electron chi connectivity index (χ4n) is 0.496. The SMILES string of the molecule is C=C(O)[C@H](C)NC(=O)C(C)(C)C. The third kappa shape index (κ3) is 3.42. The number of carbonyl (C=O) groups excluding carboxylic acids is 1. The van der Waals surface area contributed by atoms with Crippen LogP contribution >= 0.6 is 0 Å². The highest BCUT2D eigenvalue weighted by Crippen LogP contribution is 2.13. The summed E-state index contributed by atoms with van der Waals surface area (Å²) < 4.78 is 0. The number of nitrogens with one attached hydrogen (secondary N) is 1. The summed E-state index contributed by atoms with van der Waals surface area (Å²) in [5, 5.41) is 11.6. The molecule has 0 aromatic carbocycles. The van der Waals surface area contributed by atoms with Gasteiger partial charge in [-0.05, 0) is 6.92 Å². The Hall–Kier alpha value is -0.990. The minimum Gasteiger partial charge on any atom is -0.511 e. The van der Waals surface area contributed by atoms with E-state index in [2.05, 4.69) is 11.9 Å². The minimum atomic E-state index is -0.427. The fraction of sp³-hybridized carbons (Fsp3) is 0.667. The molecule has 0 rings (SSSR count). The van der Waals surface area contributed by atoms with Gasteiger partial charge < -0.3 is 10.4 Å². The van der Waals surface area contributed by atoms with Crippen molar-refractivity contribution in [2.75, 3.05) is 0 Å². The Kier molecular flexibility index (Phi) is 3.31. The molecule has 0 aromatic heterocycles. The maximum absolute atomic E-state index is 11.3. The van der Waals surface area contributed by atoms with E-state index in [-0.39, 0.29) is 17.7 Å². The zero-order valence-electron chi connectivity index (χ0n) is 8.14. The summed E-state index contributed by atoms with van der Waals surface area (Å²) in [5.74, 6) is -0.113. The van der Waals surface area contributed by atoms with Gasteiger partial charge in [-0.15, -0.1) is 0 Å². The maximum Gasteiger partial charge on any atom is 0.225 e.